The van der Waals surface area contributed by atoms with Crippen LogP contribution in [0.2, 0.25) is 0 Å². The fourth-order valence-electron chi connectivity index (χ4n) is 1.51. The van der Waals surface area contributed by atoms with Gasteiger partial charge in [0.15, 0.2) is 0 Å². The topological polar surface area (TPSA) is 46.5 Å². The minimum absolute atomic E-state index is 0.144. The minimum atomic E-state index is -0.962. The molecule has 13 heavy (non-hydrogen) atoms. The Labute approximate surface area is 78.4 Å². The summed E-state index contributed by atoms with van der Waals surface area (Å²) in [6.07, 6.45) is 6.05. The van der Waals surface area contributed by atoms with E-state index in [1.54, 1.807) is 0 Å². The number of rotatable bonds is 4. The van der Waals surface area contributed by atoms with Gasteiger partial charge in [0.25, 0.3) is 0 Å². The maximum absolute atomic E-state index is 10.4. The predicted molar refractivity (Wildman–Crippen MR) is 49.6 cm³/mol. The van der Waals surface area contributed by atoms with Crippen molar-refractivity contribution in [3.63, 3.8) is 0 Å². The van der Waals surface area contributed by atoms with Crippen molar-refractivity contribution in [1.29, 1.82) is 0 Å². The van der Waals surface area contributed by atoms with Gasteiger partial charge in [-0.05, 0) is 12.8 Å². The van der Waals surface area contributed by atoms with E-state index in [1.165, 1.54) is 19.3 Å². The quantitative estimate of drug-likeness (QED) is 0.679. The van der Waals surface area contributed by atoms with Crippen LogP contribution in [0.4, 0.5) is 0 Å². The molecule has 0 unspecified atom stereocenters. The summed E-state index contributed by atoms with van der Waals surface area (Å²) in [5.41, 5.74) is 0.144. The Morgan fingerprint density at radius 2 is 2.00 bits per heavy atom. The van der Waals surface area contributed by atoms with Gasteiger partial charge in [0.1, 0.15) is 0 Å². The first-order valence-electron chi connectivity index (χ1n) is 4.73. The van der Waals surface area contributed by atoms with Crippen LogP contribution in [-0.4, -0.2) is 23.8 Å². The summed E-state index contributed by atoms with van der Waals surface area (Å²) in [4.78, 5) is 10.4. The molecule has 3 heteroatoms. The molecule has 0 amide bonds. The number of hydrogen-bond donors (Lipinski definition) is 1. The normalized spacial score (nSPS) is 18.5. The second-order valence-corrected chi connectivity index (χ2v) is 3.48. The molecule has 1 N–H and O–H groups in total. The zero-order valence-electron chi connectivity index (χ0n) is 7.79. The molecule has 1 saturated carbocycles. The van der Waals surface area contributed by atoms with Crippen molar-refractivity contribution in [3.05, 3.63) is 12.2 Å². The smallest absolute Gasteiger partial charge is 0.333 e. The van der Waals surface area contributed by atoms with Crippen molar-refractivity contribution in [2.24, 2.45) is 0 Å². The van der Waals surface area contributed by atoms with Crippen LogP contribution in [0.25, 0.3) is 0 Å². The third-order valence-corrected chi connectivity index (χ3v) is 2.35. The Morgan fingerprint density at radius 3 is 2.54 bits per heavy atom. The van der Waals surface area contributed by atoms with E-state index in [0.717, 1.165) is 12.8 Å². The summed E-state index contributed by atoms with van der Waals surface area (Å²) in [5, 5.41) is 8.53. The maximum Gasteiger partial charge on any atom is 0.333 e. The van der Waals surface area contributed by atoms with Crippen molar-refractivity contribution in [2.75, 3.05) is 6.61 Å². The van der Waals surface area contributed by atoms with Gasteiger partial charge in [0, 0.05) is 0 Å². The molecular weight excluding hydrogens is 168 g/mol. The fourth-order valence-corrected chi connectivity index (χ4v) is 1.51. The Kier molecular flexibility index (Phi) is 3.96. The molecule has 0 atom stereocenters. The van der Waals surface area contributed by atoms with E-state index in [-0.39, 0.29) is 18.3 Å². The average Bonchev–Trinajstić information content (AvgIpc) is 2.15. The van der Waals surface area contributed by atoms with Gasteiger partial charge in [-0.2, -0.15) is 0 Å². The zero-order valence-corrected chi connectivity index (χ0v) is 7.79. The number of hydrogen-bond acceptors (Lipinski definition) is 2. The van der Waals surface area contributed by atoms with E-state index in [1.807, 2.05) is 0 Å². The monoisotopic (exact) mass is 184 g/mol. The van der Waals surface area contributed by atoms with Gasteiger partial charge in [-0.3, -0.25) is 0 Å². The van der Waals surface area contributed by atoms with Crippen LogP contribution < -0.4 is 0 Å². The lowest BCUT2D eigenvalue weighted by atomic mass is 9.98. The van der Waals surface area contributed by atoms with Crippen molar-refractivity contribution < 1.29 is 14.6 Å². The summed E-state index contributed by atoms with van der Waals surface area (Å²) in [6, 6.07) is 0. The van der Waals surface area contributed by atoms with Gasteiger partial charge in [0.2, 0.25) is 0 Å². The zero-order chi connectivity index (χ0) is 9.68. The first-order valence-corrected chi connectivity index (χ1v) is 4.73. The number of aliphatic carboxylic acids is 1. The lowest BCUT2D eigenvalue weighted by molar-refractivity contribution is -0.133. The van der Waals surface area contributed by atoms with Crippen LogP contribution in [0.3, 0.4) is 0 Å². The number of carboxylic acid groups (broad SMARTS) is 1. The summed E-state index contributed by atoms with van der Waals surface area (Å²) in [6.45, 7) is 3.58. The molecule has 0 spiro atoms. The summed E-state index contributed by atoms with van der Waals surface area (Å²) in [7, 11) is 0. The molecular formula is C10H16O3. The van der Waals surface area contributed by atoms with E-state index >= 15 is 0 Å². The minimum Gasteiger partial charge on any atom is -0.478 e. The Balaban J connectivity index is 2.17. The van der Waals surface area contributed by atoms with Crippen LogP contribution >= 0.6 is 0 Å². The molecule has 1 rings (SSSR count). The largest absolute Gasteiger partial charge is 0.478 e. The van der Waals surface area contributed by atoms with Crippen LogP contribution in [0.1, 0.15) is 32.1 Å². The highest BCUT2D eigenvalue weighted by Gasteiger charge is 2.14. The standard InChI is InChI=1S/C10H16O3/c1-8(10(11)12)7-13-9-5-3-2-4-6-9/h9H,1-7H2,(H,11,12). The van der Waals surface area contributed by atoms with Crippen molar-refractivity contribution in [3.8, 4) is 0 Å². The molecule has 0 radical (unpaired) electrons. The van der Waals surface area contributed by atoms with Crippen LogP contribution in [0.5, 0.6) is 0 Å². The first kappa shape index (κ1) is 10.3. The van der Waals surface area contributed by atoms with Crippen LogP contribution in [0.15, 0.2) is 12.2 Å². The molecule has 0 aromatic rings. The Bertz CT molecular complexity index is 192. The van der Waals surface area contributed by atoms with E-state index in [0.29, 0.717) is 0 Å². The van der Waals surface area contributed by atoms with Gasteiger partial charge >= 0.3 is 5.97 Å². The van der Waals surface area contributed by atoms with Crippen LogP contribution in [0, 0.1) is 0 Å². The molecule has 0 aliphatic heterocycles. The van der Waals surface area contributed by atoms with E-state index < -0.39 is 5.97 Å². The first-order chi connectivity index (χ1) is 6.20. The highest BCUT2D eigenvalue weighted by atomic mass is 16.5. The molecule has 0 aromatic carbocycles. The molecule has 74 valence electrons. The number of carbonyl (C=O) groups is 1. The predicted octanol–water partition coefficient (Wildman–Crippen LogP) is 1.98. The molecule has 0 heterocycles. The second-order valence-electron chi connectivity index (χ2n) is 3.48. The SMILES string of the molecule is C=C(COC1CCCCC1)C(=O)O. The van der Waals surface area contributed by atoms with Gasteiger partial charge in [0.05, 0.1) is 18.3 Å². The third-order valence-electron chi connectivity index (χ3n) is 2.35. The van der Waals surface area contributed by atoms with Gasteiger partial charge in [-0.1, -0.05) is 25.8 Å². The van der Waals surface area contributed by atoms with E-state index in [4.69, 9.17) is 9.84 Å². The van der Waals surface area contributed by atoms with Gasteiger partial charge in [-0.15, -0.1) is 0 Å². The summed E-state index contributed by atoms with van der Waals surface area (Å²) < 4.78 is 5.43. The lowest BCUT2D eigenvalue weighted by Crippen LogP contribution is -2.19. The average molecular weight is 184 g/mol. The van der Waals surface area contributed by atoms with Crippen LogP contribution in [-0.2, 0) is 9.53 Å². The second kappa shape index (κ2) is 5.02. The fraction of sp³-hybridized carbons (Fsp3) is 0.700. The highest BCUT2D eigenvalue weighted by molar-refractivity contribution is 5.85. The summed E-state index contributed by atoms with van der Waals surface area (Å²) >= 11 is 0. The summed E-state index contributed by atoms with van der Waals surface area (Å²) in [5.74, 6) is -0.962. The molecule has 0 saturated heterocycles. The third kappa shape index (κ3) is 3.59. The van der Waals surface area contributed by atoms with Gasteiger partial charge in [-0.25, -0.2) is 4.79 Å². The highest BCUT2D eigenvalue weighted by Crippen LogP contribution is 2.20. The van der Waals surface area contributed by atoms with E-state index in [2.05, 4.69) is 6.58 Å². The molecule has 0 aromatic heterocycles. The van der Waals surface area contributed by atoms with E-state index in [9.17, 15) is 4.79 Å². The van der Waals surface area contributed by atoms with Crippen molar-refractivity contribution in [2.45, 2.75) is 38.2 Å². The lowest BCUT2D eigenvalue weighted by Gasteiger charge is -2.21. The molecule has 1 fully saturated rings. The Morgan fingerprint density at radius 1 is 1.38 bits per heavy atom. The van der Waals surface area contributed by atoms with Crippen molar-refractivity contribution in [1.82, 2.24) is 0 Å². The molecule has 0 bridgehead atoms. The van der Waals surface area contributed by atoms with Gasteiger partial charge < -0.3 is 9.84 Å². The maximum atomic E-state index is 10.4. The molecule has 3 nitrogen and oxygen atoms in total. The Hall–Kier alpha value is -0.830. The number of carboxylic acids is 1. The van der Waals surface area contributed by atoms with Crippen molar-refractivity contribution >= 4 is 5.97 Å². The number of ether oxygens (including phenoxy) is 1. The molecule has 1 aliphatic carbocycles. The molecule has 1 aliphatic rings.